The predicted molar refractivity (Wildman–Crippen MR) is 121 cm³/mol. The summed E-state index contributed by atoms with van der Waals surface area (Å²) < 4.78 is 5.46. The van der Waals surface area contributed by atoms with Crippen molar-refractivity contribution in [1.82, 2.24) is 20.9 Å². The second-order valence-electron chi connectivity index (χ2n) is 7.67. The molecule has 1 heterocycles. The van der Waals surface area contributed by atoms with Crippen LogP contribution in [0.5, 0.6) is 0 Å². The lowest BCUT2D eigenvalue weighted by atomic mass is 9.95. The monoisotopic (exact) mass is 495 g/mol. The highest BCUT2D eigenvalue weighted by molar-refractivity contribution is 14.0. The van der Waals surface area contributed by atoms with Gasteiger partial charge in [0.05, 0.1) is 19.8 Å². The fraction of sp³-hybridized carbons (Fsp3) is 0.895. The number of amides is 1. The molecule has 1 saturated carbocycles. The Morgan fingerprint density at radius 1 is 1.15 bits per heavy atom. The van der Waals surface area contributed by atoms with Crippen molar-refractivity contribution in [2.24, 2.45) is 10.9 Å². The number of hydrogen-bond donors (Lipinski definition) is 3. The number of ether oxygens (including phenoxy) is 1. The van der Waals surface area contributed by atoms with Crippen molar-refractivity contribution in [2.75, 3.05) is 46.4 Å². The maximum absolute atomic E-state index is 12.1. The number of carbonyl (C=O) groups excluding carboxylic acids is 1. The number of carbonyl (C=O) groups is 1. The van der Waals surface area contributed by atoms with Gasteiger partial charge in [-0.25, -0.2) is 0 Å². The first-order chi connectivity index (χ1) is 12.6. The molecule has 1 atom stereocenters. The first kappa shape index (κ1) is 24.4. The minimum absolute atomic E-state index is 0. The summed E-state index contributed by atoms with van der Waals surface area (Å²) in [5.41, 5.74) is 0. The summed E-state index contributed by atoms with van der Waals surface area (Å²) in [7, 11) is 1.74. The van der Waals surface area contributed by atoms with Crippen LogP contribution < -0.4 is 16.0 Å². The number of rotatable bonds is 7. The molecule has 8 heteroatoms. The molecule has 0 spiro atoms. The molecule has 0 aromatic heterocycles. The summed E-state index contributed by atoms with van der Waals surface area (Å²) in [5.74, 6) is 1.27. The van der Waals surface area contributed by atoms with Gasteiger partial charge < -0.3 is 20.7 Å². The Labute approximate surface area is 181 Å². The lowest BCUT2D eigenvalue weighted by Gasteiger charge is -2.37. The molecule has 158 valence electrons. The SMILES string of the molecule is CN=C(NCC(=O)NC1CCCCC1)NCC(C(C)C)N1CCOCC1.I. The van der Waals surface area contributed by atoms with Crippen molar-refractivity contribution in [3.8, 4) is 0 Å². The highest BCUT2D eigenvalue weighted by atomic mass is 127. The fourth-order valence-electron chi connectivity index (χ4n) is 3.81. The Kier molecular flexibility index (Phi) is 12.3. The molecule has 2 aliphatic rings. The van der Waals surface area contributed by atoms with Crippen LogP contribution in [-0.2, 0) is 9.53 Å². The van der Waals surface area contributed by atoms with E-state index in [1.165, 1.54) is 19.3 Å². The van der Waals surface area contributed by atoms with Crippen LogP contribution in [-0.4, -0.2) is 75.3 Å². The normalized spacial score (nSPS) is 20.7. The smallest absolute Gasteiger partial charge is 0.239 e. The highest BCUT2D eigenvalue weighted by Gasteiger charge is 2.24. The van der Waals surface area contributed by atoms with Gasteiger partial charge >= 0.3 is 0 Å². The van der Waals surface area contributed by atoms with E-state index in [0.717, 1.165) is 45.7 Å². The summed E-state index contributed by atoms with van der Waals surface area (Å²) in [4.78, 5) is 18.9. The molecule has 1 aliphatic carbocycles. The summed E-state index contributed by atoms with van der Waals surface area (Å²) in [6, 6.07) is 0.771. The maximum atomic E-state index is 12.1. The van der Waals surface area contributed by atoms with E-state index in [1.54, 1.807) is 7.05 Å². The molecule has 2 fully saturated rings. The first-order valence-electron chi connectivity index (χ1n) is 10.2. The molecule has 27 heavy (non-hydrogen) atoms. The Morgan fingerprint density at radius 2 is 1.81 bits per heavy atom. The van der Waals surface area contributed by atoms with Gasteiger partial charge in [0, 0.05) is 38.8 Å². The zero-order chi connectivity index (χ0) is 18.8. The zero-order valence-electron chi connectivity index (χ0n) is 17.1. The van der Waals surface area contributed by atoms with Gasteiger partial charge in [0.2, 0.25) is 5.91 Å². The molecule has 1 amide bonds. The van der Waals surface area contributed by atoms with Gasteiger partial charge in [-0.3, -0.25) is 14.7 Å². The van der Waals surface area contributed by atoms with Crippen LogP contribution in [0, 0.1) is 5.92 Å². The van der Waals surface area contributed by atoms with Crippen molar-refractivity contribution < 1.29 is 9.53 Å². The standard InChI is InChI=1S/C19H37N5O2.HI/c1-15(2)17(24-9-11-26-12-10-24)13-21-19(20-3)22-14-18(25)23-16-7-5-4-6-8-16;/h15-17H,4-14H2,1-3H3,(H,23,25)(H2,20,21,22);1H. The van der Waals surface area contributed by atoms with Gasteiger partial charge in [0.1, 0.15) is 0 Å². The van der Waals surface area contributed by atoms with E-state index < -0.39 is 0 Å². The Hall–Kier alpha value is -0.610. The fourth-order valence-corrected chi connectivity index (χ4v) is 3.81. The lowest BCUT2D eigenvalue weighted by Crippen LogP contribution is -2.53. The minimum atomic E-state index is 0. The van der Waals surface area contributed by atoms with Gasteiger partial charge in [0.25, 0.3) is 0 Å². The van der Waals surface area contributed by atoms with Crippen LogP contribution in [0.4, 0.5) is 0 Å². The van der Waals surface area contributed by atoms with Crippen LogP contribution >= 0.6 is 24.0 Å². The number of hydrogen-bond acceptors (Lipinski definition) is 4. The van der Waals surface area contributed by atoms with Gasteiger partial charge in [0.15, 0.2) is 5.96 Å². The van der Waals surface area contributed by atoms with E-state index >= 15 is 0 Å². The average Bonchev–Trinajstić information content (AvgIpc) is 2.66. The van der Waals surface area contributed by atoms with E-state index in [4.69, 9.17) is 4.74 Å². The lowest BCUT2D eigenvalue weighted by molar-refractivity contribution is -0.120. The Balaban J connectivity index is 0.00000364. The van der Waals surface area contributed by atoms with Crippen LogP contribution in [0.2, 0.25) is 0 Å². The quantitative estimate of drug-likeness (QED) is 0.284. The zero-order valence-corrected chi connectivity index (χ0v) is 19.5. The summed E-state index contributed by atoms with van der Waals surface area (Å²) >= 11 is 0. The summed E-state index contributed by atoms with van der Waals surface area (Å²) in [5, 5.41) is 9.65. The third-order valence-corrected chi connectivity index (χ3v) is 5.37. The molecule has 7 nitrogen and oxygen atoms in total. The molecule has 1 unspecified atom stereocenters. The number of halogens is 1. The molecule has 0 bridgehead atoms. The van der Waals surface area contributed by atoms with Crippen LogP contribution in [0.25, 0.3) is 0 Å². The maximum Gasteiger partial charge on any atom is 0.239 e. The first-order valence-corrected chi connectivity index (χ1v) is 10.2. The molecule has 0 aromatic carbocycles. The van der Waals surface area contributed by atoms with Crippen LogP contribution in [0.1, 0.15) is 46.0 Å². The Bertz CT molecular complexity index is 449. The predicted octanol–water partition coefficient (Wildman–Crippen LogP) is 1.58. The van der Waals surface area contributed by atoms with E-state index in [0.29, 0.717) is 24.0 Å². The van der Waals surface area contributed by atoms with Crippen molar-refractivity contribution in [3.05, 3.63) is 0 Å². The second-order valence-corrected chi connectivity index (χ2v) is 7.67. The highest BCUT2D eigenvalue weighted by Crippen LogP contribution is 2.17. The van der Waals surface area contributed by atoms with Crippen molar-refractivity contribution in [2.45, 2.75) is 58.0 Å². The van der Waals surface area contributed by atoms with Gasteiger partial charge in [-0.2, -0.15) is 0 Å². The van der Waals surface area contributed by atoms with Crippen molar-refractivity contribution in [1.29, 1.82) is 0 Å². The second kappa shape index (κ2) is 13.5. The number of nitrogens with zero attached hydrogens (tertiary/aromatic N) is 2. The molecule has 0 aromatic rings. The minimum Gasteiger partial charge on any atom is -0.379 e. The molecule has 0 radical (unpaired) electrons. The topological polar surface area (TPSA) is 78.0 Å². The van der Waals surface area contributed by atoms with Gasteiger partial charge in [-0.05, 0) is 18.8 Å². The third-order valence-electron chi connectivity index (χ3n) is 5.37. The number of aliphatic imine (C=N–C) groups is 1. The third kappa shape index (κ3) is 8.95. The van der Waals surface area contributed by atoms with Crippen molar-refractivity contribution in [3.63, 3.8) is 0 Å². The summed E-state index contributed by atoms with van der Waals surface area (Å²) in [6.07, 6.45) is 5.95. The number of morpholine rings is 1. The summed E-state index contributed by atoms with van der Waals surface area (Å²) in [6.45, 7) is 9.11. The molecular formula is C19H38IN5O2. The average molecular weight is 495 g/mol. The Morgan fingerprint density at radius 3 is 2.41 bits per heavy atom. The molecule has 1 saturated heterocycles. The number of nitrogens with one attached hydrogen (secondary N) is 3. The molecular weight excluding hydrogens is 457 g/mol. The molecule has 1 aliphatic heterocycles. The van der Waals surface area contributed by atoms with Gasteiger partial charge in [-0.1, -0.05) is 33.1 Å². The number of guanidine groups is 1. The van der Waals surface area contributed by atoms with Gasteiger partial charge in [-0.15, -0.1) is 24.0 Å². The molecule has 2 rings (SSSR count). The van der Waals surface area contributed by atoms with E-state index in [-0.39, 0.29) is 36.4 Å². The van der Waals surface area contributed by atoms with E-state index in [2.05, 4.69) is 39.7 Å². The van der Waals surface area contributed by atoms with Crippen LogP contribution in [0.15, 0.2) is 4.99 Å². The largest absolute Gasteiger partial charge is 0.379 e. The van der Waals surface area contributed by atoms with E-state index in [9.17, 15) is 4.79 Å². The van der Waals surface area contributed by atoms with Crippen LogP contribution in [0.3, 0.4) is 0 Å². The van der Waals surface area contributed by atoms with Crippen molar-refractivity contribution >= 4 is 35.8 Å². The molecule has 3 N–H and O–H groups in total. The van der Waals surface area contributed by atoms with E-state index in [1.807, 2.05) is 0 Å².